The highest BCUT2D eigenvalue weighted by Gasteiger charge is 2.34. The first-order valence-corrected chi connectivity index (χ1v) is 14.1. The molecule has 0 bridgehead atoms. The number of hydroxylamine groups is 2. The number of hydrogen-bond acceptors (Lipinski definition) is 9. The van der Waals surface area contributed by atoms with Crippen LogP contribution in [-0.4, -0.2) is 62.7 Å². The lowest BCUT2D eigenvalue weighted by atomic mass is 10.0. The van der Waals surface area contributed by atoms with Crippen LogP contribution in [0.4, 0.5) is 5.69 Å². The van der Waals surface area contributed by atoms with Crippen LogP contribution in [0.2, 0.25) is 0 Å². The van der Waals surface area contributed by atoms with Crippen molar-refractivity contribution in [1.29, 1.82) is 0 Å². The van der Waals surface area contributed by atoms with E-state index in [1.165, 1.54) is 14.2 Å². The number of hydrogen-bond donors (Lipinski definition) is 1. The first-order valence-electron chi connectivity index (χ1n) is 12.7. The van der Waals surface area contributed by atoms with Gasteiger partial charge in [0.2, 0.25) is 10.0 Å². The third-order valence-corrected chi connectivity index (χ3v) is 7.42. The van der Waals surface area contributed by atoms with Crippen LogP contribution in [0.15, 0.2) is 65.6 Å². The summed E-state index contributed by atoms with van der Waals surface area (Å²) in [6.07, 6.45) is -0.247. The molecule has 41 heavy (non-hydrogen) atoms. The lowest BCUT2D eigenvalue weighted by Gasteiger charge is -2.25. The van der Waals surface area contributed by atoms with Crippen LogP contribution in [0.3, 0.4) is 0 Å². The van der Waals surface area contributed by atoms with Crippen LogP contribution in [0.25, 0.3) is 10.8 Å². The summed E-state index contributed by atoms with van der Waals surface area (Å²) in [6.45, 7) is 4.90. The van der Waals surface area contributed by atoms with Gasteiger partial charge in [-0.2, -0.15) is 4.72 Å². The minimum atomic E-state index is -4.55. The number of esters is 1. The van der Waals surface area contributed by atoms with Gasteiger partial charge in [-0.1, -0.05) is 42.5 Å². The van der Waals surface area contributed by atoms with Crippen molar-refractivity contribution in [3.63, 3.8) is 0 Å². The Bertz CT molecular complexity index is 1530. The number of ether oxygens (including phenoxy) is 2. The molecule has 0 aliphatic rings. The molecule has 0 aromatic heterocycles. The number of nitrogens with zero attached hydrogens (tertiary/aromatic N) is 2. The predicted octanol–water partition coefficient (Wildman–Crippen LogP) is 3.77. The molecule has 3 aromatic carbocycles. The van der Waals surface area contributed by atoms with Crippen molar-refractivity contribution in [2.45, 2.75) is 50.2 Å². The predicted molar refractivity (Wildman–Crippen MR) is 151 cm³/mol. The maximum atomic E-state index is 13.5. The van der Waals surface area contributed by atoms with Gasteiger partial charge in [-0.15, -0.1) is 0 Å². The highest BCUT2D eigenvalue weighted by molar-refractivity contribution is 7.89. The van der Waals surface area contributed by atoms with Crippen LogP contribution in [0.1, 0.15) is 32.8 Å². The second-order valence-electron chi connectivity index (χ2n) is 10.1. The molecule has 0 radical (unpaired) electrons. The number of nitrogens with one attached hydrogen (secondary N) is 1. The summed E-state index contributed by atoms with van der Waals surface area (Å²) in [7, 11) is -2.09. The largest absolute Gasteiger partial charge is 0.492 e. The number of amides is 1. The molecular formula is C28H33N3O9S. The van der Waals surface area contributed by atoms with Gasteiger partial charge in [0.15, 0.2) is 0 Å². The number of non-ortho nitro benzene ring substituents is 1. The van der Waals surface area contributed by atoms with Crippen LogP contribution in [0.5, 0.6) is 5.75 Å². The minimum absolute atomic E-state index is 0.00434. The fourth-order valence-corrected chi connectivity index (χ4v) is 5.33. The number of likely N-dealkylation sites (N-methyl/N-ethyl adjacent to an activating group) is 1. The number of benzene rings is 3. The summed E-state index contributed by atoms with van der Waals surface area (Å²) in [4.78, 5) is 40.6. The van der Waals surface area contributed by atoms with Gasteiger partial charge in [-0.05, 0) is 43.2 Å². The van der Waals surface area contributed by atoms with Crippen molar-refractivity contribution < 1.29 is 37.2 Å². The highest BCUT2D eigenvalue weighted by atomic mass is 32.2. The molecule has 1 amide bonds. The number of nitro benzene ring substituents is 1. The first-order chi connectivity index (χ1) is 19.2. The Kier molecular flexibility index (Phi) is 10.0. The quantitative estimate of drug-likeness (QED) is 0.189. The van der Waals surface area contributed by atoms with Crippen molar-refractivity contribution in [3.8, 4) is 5.75 Å². The van der Waals surface area contributed by atoms with Gasteiger partial charge in [-0.25, -0.2) is 13.5 Å². The second-order valence-corrected chi connectivity index (χ2v) is 11.8. The molecule has 220 valence electrons. The summed E-state index contributed by atoms with van der Waals surface area (Å²) in [5, 5.41) is 14.2. The van der Waals surface area contributed by atoms with E-state index in [2.05, 4.69) is 4.72 Å². The SMILES string of the molecule is CON(C)C(=O)C(CC(=O)OC(C)(C)C)NS(=O)(=O)c1ccc([N+](=O)[O-])cc1OCCc1cccc2ccccc12. The summed E-state index contributed by atoms with van der Waals surface area (Å²) in [5.74, 6) is -1.96. The van der Waals surface area contributed by atoms with Crippen molar-refractivity contribution in [3.05, 3.63) is 76.3 Å². The average Bonchev–Trinajstić information content (AvgIpc) is 2.90. The van der Waals surface area contributed by atoms with Crippen molar-refractivity contribution in [2.75, 3.05) is 20.8 Å². The molecule has 13 heteroatoms. The second kappa shape index (κ2) is 13.1. The molecule has 0 fully saturated rings. The molecule has 3 aromatic rings. The average molecular weight is 588 g/mol. The molecule has 1 N–H and O–H groups in total. The summed E-state index contributed by atoms with van der Waals surface area (Å²) < 4.78 is 40.3. The molecule has 0 saturated carbocycles. The van der Waals surface area contributed by atoms with Crippen LogP contribution in [-0.2, 0) is 35.6 Å². The maximum absolute atomic E-state index is 13.5. The lowest BCUT2D eigenvalue weighted by molar-refractivity contribution is -0.385. The third-order valence-electron chi connectivity index (χ3n) is 5.91. The maximum Gasteiger partial charge on any atom is 0.308 e. The van der Waals surface area contributed by atoms with Gasteiger partial charge < -0.3 is 9.47 Å². The van der Waals surface area contributed by atoms with Crippen LogP contribution < -0.4 is 9.46 Å². The number of rotatable bonds is 12. The molecule has 0 aliphatic carbocycles. The van der Waals surface area contributed by atoms with E-state index < -0.39 is 49.8 Å². The zero-order chi connectivity index (χ0) is 30.4. The Balaban J connectivity index is 1.90. The number of carbonyl (C=O) groups excluding carboxylic acids is 2. The van der Waals surface area contributed by atoms with Crippen molar-refractivity contribution in [2.24, 2.45) is 0 Å². The highest BCUT2D eigenvalue weighted by Crippen LogP contribution is 2.30. The number of sulfonamides is 1. The van der Waals surface area contributed by atoms with E-state index in [0.29, 0.717) is 6.42 Å². The standard InChI is InChI=1S/C28H33N3O9S/c1-28(2,3)40-26(32)18-23(27(33)30(4)38-5)29-41(36,37)25-14-13-21(31(34)35)17-24(25)39-16-15-20-11-8-10-19-9-6-7-12-22(19)20/h6-14,17,23,29H,15-16,18H2,1-5H3. The Labute approximate surface area is 238 Å². The van der Waals surface area contributed by atoms with Crippen molar-refractivity contribution >= 4 is 38.4 Å². The van der Waals surface area contributed by atoms with Gasteiger partial charge in [0, 0.05) is 19.5 Å². The normalized spacial score (nSPS) is 12.5. The molecule has 12 nitrogen and oxygen atoms in total. The first kappa shape index (κ1) is 31.5. The summed E-state index contributed by atoms with van der Waals surface area (Å²) in [5.41, 5.74) is -0.313. The molecule has 1 unspecified atom stereocenters. The number of fused-ring (bicyclic) bond motifs is 1. The van der Waals surface area contributed by atoms with E-state index in [1.54, 1.807) is 20.8 Å². The van der Waals surface area contributed by atoms with E-state index in [4.69, 9.17) is 14.3 Å². The van der Waals surface area contributed by atoms with E-state index in [-0.39, 0.29) is 18.0 Å². The molecule has 0 aliphatic heterocycles. The molecule has 0 saturated heterocycles. The summed E-state index contributed by atoms with van der Waals surface area (Å²) in [6, 6.07) is 14.9. The Morgan fingerprint density at radius 2 is 1.76 bits per heavy atom. The van der Waals surface area contributed by atoms with Crippen LogP contribution in [0, 0.1) is 10.1 Å². The van der Waals surface area contributed by atoms with E-state index >= 15 is 0 Å². The van der Waals surface area contributed by atoms with Gasteiger partial charge >= 0.3 is 5.97 Å². The minimum Gasteiger partial charge on any atom is -0.492 e. The molecule has 0 heterocycles. The zero-order valence-corrected chi connectivity index (χ0v) is 24.3. The number of carbonyl (C=O) groups is 2. The van der Waals surface area contributed by atoms with Gasteiger partial charge in [0.1, 0.15) is 22.3 Å². The molecule has 0 spiro atoms. The molecular weight excluding hydrogens is 554 g/mol. The Morgan fingerprint density at radius 3 is 2.41 bits per heavy atom. The van der Waals surface area contributed by atoms with E-state index in [0.717, 1.165) is 39.6 Å². The van der Waals surface area contributed by atoms with E-state index in [9.17, 15) is 28.1 Å². The fraction of sp³-hybridized carbons (Fsp3) is 0.357. The zero-order valence-electron chi connectivity index (χ0n) is 23.4. The monoisotopic (exact) mass is 587 g/mol. The smallest absolute Gasteiger partial charge is 0.308 e. The lowest BCUT2D eigenvalue weighted by Crippen LogP contribution is -2.48. The fourth-order valence-electron chi connectivity index (χ4n) is 4.02. The Morgan fingerprint density at radius 1 is 1.07 bits per heavy atom. The number of nitro groups is 1. The van der Waals surface area contributed by atoms with Gasteiger partial charge in [0.05, 0.1) is 31.1 Å². The molecule has 3 rings (SSSR count). The Hall–Kier alpha value is -4.07. The summed E-state index contributed by atoms with van der Waals surface area (Å²) >= 11 is 0. The van der Waals surface area contributed by atoms with Crippen LogP contribution >= 0.6 is 0 Å². The third kappa shape index (κ3) is 8.46. The van der Waals surface area contributed by atoms with Gasteiger partial charge in [-0.3, -0.25) is 24.5 Å². The topological polar surface area (TPSA) is 154 Å². The van der Waals surface area contributed by atoms with E-state index in [1.807, 2.05) is 42.5 Å². The van der Waals surface area contributed by atoms with Crippen molar-refractivity contribution in [1.82, 2.24) is 9.79 Å². The van der Waals surface area contributed by atoms with Gasteiger partial charge in [0.25, 0.3) is 11.6 Å². The molecule has 1 atom stereocenters.